The van der Waals surface area contributed by atoms with Gasteiger partial charge in [0.2, 0.25) is 0 Å². The number of thiophene rings is 1. The van der Waals surface area contributed by atoms with E-state index < -0.39 is 0 Å². The van der Waals surface area contributed by atoms with Gasteiger partial charge in [-0.05, 0) is 44.0 Å². The highest BCUT2D eigenvalue weighted by molar-refractivity contribution is 7.98. The Labute approximate surface area is 95.3 Å². The molecule has 0 aliphatic carbocycles. The maximum atomic E-state index is 3.61. The molecule has 0 bridgehead atoms. The van der Waals surface area contributed by atoms with Crippen LogP contribution in [0.25, 0.3) is 0 Å². The molecule has 1 rings (SSSR count). The number of hydrogen-bond acceptors (Lipinski definition) is 3. The van der Waals surface area contributed by atoms with Gasteiger partial charge in [0.25, 0.3) is 0 Å². The van der Waals surface area contributed by atoms with Crippen molar-refractivity contribution in [2.24, 2.45) is 0 Å². The first kappa shape index (κ1) is 12.1. The highest BCUT2D eigenvalue weighted by Crippen LogP contribution is 2.23. The van der Waals surface area contributed by atoms with Gasteiger partial charge < -0.3 is 5.32 Å². The van der Waals surface area contributed by atoms with Crippen molar-refractivity contribution in [2.45, 2.75) is 32.9 Å². The third-order valence-electron chi connectivity index (χ3n) is 2.25. The van der Waals surface area contributed by atoms with Crippen molar-refractivity contribution >= 4 is 23.1 Å². The Kier molecular flexibility index (Phi) is 4.99. The zero-order valence-corrected chi connectivity index (χ0v) is 11.0. The van der Waals surface area contributed by atoms with Crippen LogP contribution < -0.4 is 5.32 Å². The second kappa shape index (κ2) is 5.79. The summed E-state index contributed by atoms with van der Waals surface area (Å²) in [5.74, 6) is 1.18. The first-order valence-electron chi connectivity index (χ1n) is 4.94. The predicted molar refractivity (Wildman–Crippen MR) is 68.5 cm³/mol. The molecule has 1 nitrogen and oxygen atoms in total. The summed E-state index contributed by atoms with van der Waals surface area (Å²) in [6, 6.07) is 3.26. The monoisotopic (exact) mass is 229 g/mol. The summed E-state index contributed by atoms with van der Waals surface area (Å²) in [5, 5.41) is 5.78. The lowest BCUT2D eigenvalue weighted by Crippen LogP contribution is -2.30. The van der Waals surface area contributed by atoms with Crippen LogP contribution in [-0.2, 0) is 0 Å². The Morgan fingerprint density at radius 3 is 2.71 bits per heavy atom. The highest BCUT2D eigenvalue weighted by atomic mass is 32.2. The molecule has 0 saturated carbocycles. The fourth-order valence-corrected chi connectivity index (χ4v) is 3.17. The van der Waals surface area contributed by atoms with Crippen LogP contribution in [0.5, 0.6) is 0 Å². The van der Waals surface area contributed by atoms with E-state index in [4.69, 9.17) is 0 Å². The maximum Gasteiger partial charge on any atom is 0.0391 e. The van der Waals surface area contributed by atoms with Gasteiger partial charge in [-0.15, -0.1) is 11.3 Å². The van der Waals surface area contributed by atoms with Crippen LogP contribution in [0.3, 0.4) is 0 Å². The van der Waals surface area contributed by atoms with Gasteiger partial charge >= 0.3 is 0 Å². The SMILES string of the molecule is CSCC(C)NC(C)c1sccc1C. The Hall–Kier alpha value is 0.0100. The molecule has 0 saturated heterocycles. The van der Waals surface area contributed by atoms with E-state index in [0.717, 1.165) is 0 Å². The van der Waals surface area contributed by atoms with Gasteiger partial charge in [-0.3, -0.25) is 0 Å². The maximum absolute atomic E-state index is 3.61. The third kappa shape index (κ3) is 3.30. The summed E-state index contributed by atoms with van der Waals surface area (Å²) in [6.07, 6.45) is 2.15. The van der Waals surface area contributed by atoms with E-state index in [1.54, 1.807) is 0 Å². The Balaban J connectivity index is 2.50. The molecule has 0 spiro atoms. The standard InChI is InChI=1S/C11H19NS2/c1-8-5-6-14-11(8)10(3)12-9(2)7-13-4/h5-6,9-10,12H,7H2,1-4H3. The molecule has 1 aromatic heterocycles. The van der Waals surface area contributed by atoms with Crippen molar-refractivity contribution in [3.8, 4) is 0 Å². The molecule has 1 heterocycles. The van der Waals surface area contributed by atoms with E-state index in [0.29, 0.717) is 12.1 Å². The normalized spacial score (nSPS) is 15.4. The molecule has 2 atom stereocenters. The quantitative estimate of drug-likeness (QED) is 0.830. The van der Waals surface area contributed by atoms with Gasteiger partial charge in [-0.1, -0.05) is 0 Å². The first-order chi connectivity index (χ1) is 6.65. The molecule has 14 heavy (non-hydrogen) atoms. The second-order valence-electron chi connectivity index (χ2n) is 3.71. The van der Waals surface area contributed by atoms with Crippen LogP contribution in [0.4, 0.5) is 0 Å². The summed E-state index contributed by atoms with van der Waals surface area (Å²) < 4.78 is 0. The number of nitrogens with one attached hydrogen (secondary N) is 1. The van der Waals surface area contributed by atoms with Crippen molar-refractivity contribution in [3.05, 3.63) is 21.9 Å². The molecular formula is C11H19NS2. The van der Waals surface area contributed by atoms with E-state index >= 15 is 0 Å². The highest BCUT2D eigenvalue weighted by Gasteiger charge is 2.11. The number of thioether (sulfide) groups is 1. The number of rotatable bonds is 5. The van der Waals surface area contributed by atoms with Crippen LogP contribution in [0.15, 0.2) is 11.4 Å². The lowest BCUT2D eigenvalue weighted by Gasteiger charge is -2.19. The minimum Gasteiger partial charge on any atom is -0.306 e. The Bertz CT molecular complexity index is 270. The zero-order chi connectivity index (χ0) is 10.6. The van der Waals surface area contributed by atoms with Crippen molar-refractivity contribution < 1.29 is 0 Å². The molecule has 0 aliphatic rings. The predicted octanol–water partition coefficient (Wildman–Crippen LogP) is 3.46. The van der Waals surface area contributed by atoms with Crippen molar-refractivity contribution in [3.63, 3.8) is 0 Å². The van der Waals surface area contributed by atoms with Gasteiger partial charge in [0.15, 0.2) is 0 Å². The van der Waals surface area contributed by atoms with E-state index in [1.807, 2.05) is 23.1 Å². The molecule has 0 amide bonds. The molecule has 1 N–H and O–H groups in total. The van der Waals surface area contributed by atoms with Gasteiger partial charge in [0.1, 0.15) is 0 Å². The van der Waals surface area contributed by atoms with Crippen LogP contribution in [0.1, 0.15) is 30.3 Å². The topological polar surface area (TPSA) is 12.0 Å². The molecule has 0 aromatic carbocycles. The van der Waals surface area contributed by atoms with Crippen LogP contribution in [-0.4, -0.2) is 18.1 Å². The van der Waals surface area contributed by atoms with E-state index in [2.05, 4.69) is 43.8 Å². The first-order valence-corrected chi connectivity index (χ1v) is 7.21. The molecule has 2 unspecified atom stereocenters. The van der Waals surface area contributed by atoms with E-state index in [9.17, 15) is 0 Å². The molecule has 0 aliphatic heterocycles. The molecule has 3 heteroatoms. The van der Waals surface area contributed by atoms with E-state index in [-0.39, 0.29) is 0 Å². The minimum absolute atomic E-state index is 0.483. The average Bonchev–Trinajstić information content (AvgIpc) is 2.51. The van der Waals surface area contributed by atoms with Crippen molar-refractivity contribution in [1.29, 1.82) is 0 Å². The molecule has 1 aromatic rings. The van der Waals surface area contributed by atoms with Gasteiger partial charge in [-0.25, -0.2) is 0 Å². The Morgan fingerprint density at radius 2 is 2.21 bits per heavy atom. The summed E-state index contributed by atoms with van der Waals surface area (Å²) in [5.41, 5.74) is 1.41. The fourth-order valence-electron chi connectivity index (χ4n) is 1.63. The van der Waals surface area contributed by atoms with Gasteiger partial charge in [-0.2, -0.15) is 11.8 Å². The summed E-state index contributed by atoms with van der Waals surface area (Å²) in [7, 11) is 0. The largest absolute Gasteiger partial charge is 0.306 e. The van der Waals surface area contributed by atoms with Crippen molar-refractivity contribution in [2.75, 3.05) is 12.0 Å². The van der Waals surface area contributed by atoms with Crippen LogP contribution in [0.2, 0.25) is 0 Å². The molecule has 0 radical (unpaired) electrons. The van der Waals surface area contributed by atoms with Crippen LogP contribution in [0, 0.1) is 6.92 Å². The van der Waals surface area contributed by atoms with Gasteiger partial charge in [0.05, 0.1) is 0 Å². The minimum atomic E-state index is 0.483. The Morgan fingerprint density at radius 1 is 1.50 bits per heavy atom. The summed E-state index contributed by atoms with van der Waals surface area (Å²) in [4.78, 5) is 1.47. The van der Waals surface area contributed by atoms with Crippen molar-refractivity contribution in [1.82, 2.24) is 5.32 Å². The van der Waals surface area contributed by atoms with Crippen LogP contribution >= 0.6 is 23.1 Å². The molecular weight excluding hydrogens is 210 g/mol. The average molecular weight is 229 g/mol. The third-order valence-corrected chi connectivity index (χ3v) is 4.28. The zero-order valence-electron chi connectivity index (χ0n) is 9.33. The van der Waals surface area contributed by atoms with E-state index in [1.165, 1.54) is 16.2 Å². The summed E-state index contributed by atoms with van der Waals surface area (Å²) in [6.45, 7) is 6.68. The molecule has 80 valence electrons. The second-order valence-corrected chi connectivity index (χ2v) is 5.57. The smallest absolute Gasteiger partial charge is 0.0391 e. The number of aryl methyl sites for hydroxylation is 1. The van der Waals surface area contributed by atoms with Gasteiger partial charge in [0, 0.05) is 22.7 Å². The lowest BCUT2D eigenvalue weighted by molar-refractivity contribution is 0.516. The number of hydrogen-bond donors (Lipinski definition) is 1. The lowest BCUT2D eigenvalue weighted by atomic mass is 10.2. The fraction of sp³-hybridized carbons (Fsp3) is 0.636. The molecule has 0 fully saturated rings. The summed E-state index contributed by atoms with van der Waals surface area (Å²) >= 11 is 3.74.